The van der Waals surface area contributed by atoms with Crippen molar-refractivity contribution in [1.29, 1.82) is 0 Å². The van der Waals surface area contributed by atoms with Crippen LogP contribution >= 0.6 is 0 Å². The van der Waals surface area contributed by atoms with Crippen LogP contribution in [0.15, 0.2) is 21.9 Å². The molecule has 2 aromatic rings. The molecule has 8 nitrogen and oxygen atoms in total. The Morgan fingerprint density at radius 3 is 2.68 bits per heavy atom. The minimum Gasteiger partial charge on any atom is -0.371 e. The molecule has 0 spiro atoms. The van der Waals surface area contributed by atoms with E-state index in [0.717, 1.165) is 30.9 Å². The average molecular weight is 301 g/mol. The van der Waals surface area contributed by atoms with Gasteiger partial charge in [0.25, 0.3) is 5.56 Å². The van der Waals surface area contributed by atoms with Gasteiger partial charge in [-0.3, -0.25) is 9.78 Å². The van der Waals surface area contributed by atoms with E-state index in [1.54, 1.807) is 0 Å². The molecule has 114 valence electrons. The molecule has 3 saturated heterocycles. The Balaban J connectivity index is 1.74. The molecule has 5 rings (SSSR count). The Morgan fingerprint density at radius 1 is 1.27 bits per heavy atom. The second kappa shape index (κ2) is 4.77. The third kappa shape index (κ3) is 2.12. The van der Waals surface area contributed by atoms with E-state index < -0.39 is 11.2 Å². The van der Waals surface area contributed by atoms with E-state index in [9.17, 15) is 9.59 Å². The second-order valence-corrected chi connectivity index (χ2v) is 5.71. The van der Waals surface area contributed by atoms with Gasteiger partial charge in [0.1, 0.15) is 5.69 Å². The van der Waals surface area contributed by atoms with Crippen LogP contribution in [-0.2, 0) is 4.74 Å². The number of aromatic nitrogens is 4. The molecule has 2 aromatic heterocycles. The Morgan fingerprint density at radius 2 is 2.00 bits per heavy atom. The molecule has 2 unspecified atom stereocenters. The van der Waals surface area contributed by atoms with Gasteiger partial charge in [-0.25, -0.2) is 4.79 Å². The Kier molecular flexibility index (Phi) is 2.86. The summed E-state index contributed by atoms with van der Waals surface area (Å²) >= 11 is 0. The monoisotopic (exact) mass is 301 g/mol. The quantitative estimate of drug-likeness (QED) is 0.796. The number of fused-ring (bicyclic) bond motifs is 2. The molecule has 8 heteroatoms. The molecule has 22 heavy (non-hydrogen) atoms. The molecule has 5 heterocycles. The average Bonchev–Trinajstić information content (AvgIpc) is 2.47. The van der Waals surface area contributed by atoms with E-state index >= 15 is 0 Å². The summed E-state index contributed by atoms with van der Waals surface area (Å²) in [5.74, 6) is 0. The number of hydrogen-bond acceptors (Lipinski definition) is 6. The molecule has 2 atom stereocenters. The zero-order valence-corrected chi connectivity index (χ0v) is 12.0. The number of anilines is 1. The second-order valence-electron chi connectivity index (χ2n) is 5.71. The minimum atomic E-state index is -0.540. The largest absolute Gasteiger partial charge is 0.371 e. The number of hydrogen-bond donors (Lipinski definition) is 2. The summed E-state index contributed by atoms with van der Waals surface area (Å²) in [7, 11) is 0. The number of aryl methyl sites for hydroxylation is 1. The maximum atomic E-state index is 11.9. The fraction of sp³-hybridized carbons (Fsp3) is 0.429. The van der Waals surface area contributed by atoms with Gasteiger partial charge in [0.05, 0.1) is 29.2 Å². The van der Waals surface area contributed by atoms with E-state index in [-0.39, 0.29) is 12.2 Å². The number of H-pyrrole nitrogens is 2. The van der Waals surface area contributed by atoms with Gasteiger partial charge in [-0.15, -0.1) is 5.10 Å². The molecular formula is C14H15N5O3. The van der Waals surface area contributed by atoms with Crippen LogP contribution < -0.4 is 16.1 Å². The van der Waals surface area contributed by atoms with Crippen LogP contribution in [0.1, 0.15) is 12.1 Å². The van der Waals surface area contributed by atoms with Gasteiger partial charge in [0.2, 0.25) is 0 Å². The number of ether oxygens (including phenoxy) is 1. The Bertz CT molecular complexity index is 827. The topological polar surface area (TPSA) is 104 Å². The molecule has 0 radical (unpaired) electrons. The summed E-state index contributed by atoms with van der Waals surface area (Å²) in [6.45, 7) is 3.54. The van der Waals surface area contributed by atoms with Crippen LogP contribution in [0.4, 0.5) is 5.69 Å². The van der Waals surface area contributed by atoms with Crippen molar-refractivity contribution in [2.75, 3.05) is 18.0 Å². The van der Waals surface area contributed by atoms with E-state index in [1.165, 1.54) is 6.20 Å². The van der Waals surface area contributed by atoms with Gasteiger partial charge in [-0.2, -0.15) is 5.10 Å². The van der Waals surface area contributed by atoms with E-state index in [1.807, 2.05) is 13.0 Å². The highest BCUT2D eigenvalue weighted by Gasteiger charge is 2.38. The van der Waals surface area contributed by atoms with Crippen molar-refractivity contribution >= 4 is 5.69 Å². The van der Waals surface area contributed by atoms with Crippen LogP contribution in [0.5, 0.6) is 0 Å². The zero-order valence-electron chi connectivity index (χ0n) is 12.0. The van der Waals surface area contributed by atoms with Gasteiger partial charge >= 0.3 is 5.69 Å². The first-order valence-corrected chi connectivity index (χ1v) is 7.17. The van der Waals surface area contributed by atoms with Crippen molar-refractivity contribution in [3.63, 3.8) is 0 Å². The predicted octanol–water partition coefficient (Wildman–Crippen LogP) is -0.194. The maximum absolute atomic E-state index is 11.9. The van der Waals surface area contributed by atoms with Gasteiger partial charge in [-0.05, 0) is 13.0 Å². The van der Waals surface area contributed by atoms with Crippen LogP contribution in [0.3, 0.4) is 0 Å². The van der Waals surface area contributed by atoms with E-state index in [2.05, 4.69) is 25.1 Å². The summed E-state index contributed by atoms with van der Waals surface area (Å²) in [6.07, 6.45) is 3.04. The molecule has 2 N–H and O–H groups in total. The van der Waals surface area contributed by atoms with Crippen molar-refractivity contribution in [3.05, 3.63) is 38.8 Å². The summed E-state index contributed by atoms with van der Waals surface area (Å²) in [6, 6.07) is 1.84. The highest BCUT2D eigenvalue weighted by molar-refractivity contribution is 5.64. The number of morpholine rings is 1. The van der Waals surface area contributed by atoms with Crippen molar-refractivity contribution in [3.8, 4) is 11.3 Å². The molecule has 3 aliphatic heterocycles. The first kappa shape index (κ1) is 13.2. The van der Waals surface area contributed by atoms with Crippen LogP contribution in [0, 0.1) is 6.92 Å². The molecule has 0 aromatic carbocycles. The first-order valence-electron chi connectivity index (χ1n) is 7.17. The third-order valence-corrected chi connectivity index (χ3v) is 4.15. The first-order chi connectivity index (χ1) is 10.6. The van der Waals surface area contributed by atoms with Gasteiger partial charge in [0, 0.05) is 25.7 Å². The van der Waals surface area contributed by atoms with Crippen molar-refractivity contribution in [2.24, 2.45) is 0 Å². The van der Waals surface area contributed by atoms with Crippen LogP contribution in [0.25, 0.3) is 11.3 Å². The predicted molar refractivity (Wildman–Crippen MR) is 78.9 cm³/mol. The lowest BCUT2D eigenvalue weighted by molar-refractivity contribution is -0.133. The number of nitrogens with zero attached hydrogens (tertiary/aromatic N) is 3. The Labute approximate surface area is 125 Å². The third-order valence-electron chi connectivity index (χ3n) is 4.15. The number of aromatic amines is 2. The fourth-order valence-electron chi connectivity index (χ4n) is 3.05. The molecule has 0 amide bonds. The number of piperidine rings is 1. The van der Waals surface area contributed by atoms with Crippen molar-refractivity contribution in [1.82, 2.24) is 20.2 Å². The van der Waals surface area contributed by atoms with Crippen molar-refractivity contribution in [2.45, 2.75) is 25.6 Å². The summed E-state index contributed by atoms with van der Waals surface area (Å²) in [5, 5.41) is 8.23. The molecule has 3 fully saturated rings. The fourth-order valence-corrected chi connectivity index (χ4v) is 3.05. The van der Waals surface area contributed by atoms with Gasteiger partial charge in [-0.1, -0.05) is 0 Å². The van der Waals surface area contributed by atoms with Crippen LogP contribution in [0.2, 0.25) is 0 Å². The van der Waals surface area contributed by atoms with E-state index in [4.69, 9.17) is 4.74 Å². The highest BCUT2D eigenvalue weighted by atomic mass is 16.5. The number of rotatable bonds is 2. The Hall–Kier alpha value is -2.48. The zero-order chi connectivity index (χ0) is 15.3. The summed E-state index contributed by atoms with van der Waals surface area (Å²) < 4.78 is 5.64. The number of nitrogens with one attached hydrogen (secondary N) is 2. The molecule has 3 aliphatic rings. The van der Waals surface area contributed by atoms with Gasteiger partial charge in [0.15, 0.2) is 0 Å². The lowest BCUT2D eigenvalue weighted by atomic mass is 9.98. The maximum Gasteiger partial charge on any atom is 0.325 e. The molecule has 0 saturated carbocycles. The lowest BCUT2D eigenvalue weighted by Gasteiger charge is -2.48. The lowest BCUT2D eigenvalue weighted by Crippen LogP contribution is -2.57. The summed E-state index contributed by atoms with van der Waals surface area (Å²) in [5.41, 5.74) is 1.49. The van der Waals surface area contributed by atoms with Crippen LogP contribution in [-0.4, -0.2) is 45.5 Å². The minimum absolute atomic E-state index is 0.284. The van der Waals surface area contributed by atoms with Crippen molar-refractivity contribution < 1.29 is 4.74 Å². The highest BCUT2D eigenvalue weighted by Crippen LogP contribution is 2.33. The SMILES string of the molecule is Cc1nnc(-c2c[nH]c(=O)[nH]c2=O)cc1N1CC2CC(C1)O2. The smallest absolute Gasteiger partial charge is 0.325 e. The molecule has 0 aliphatic carbocycles. The molecular weight excluding hydrogens is 286 g/mol. The normalized spacial score (nSPS) is 23.2. The summed E-state index contributed by atoms with van der Waals surface area (Å²) in [4.78, 5) is 29.9. The van der Waals surface area contributed by atoms with Gasteiger partial charge < -0.3 is 14.6 Å². The molecule has 2 bridgehead atoms. The van der Waals surface area contributed by atoms with E-state index in [0.29, 0.717) is 11.3 Å². The standard InChI is InChI=1S/C14H15N5O3/c1-7-12(19-5-8-2-9(6-19)22-8)3-11(18-17-7)10-4-15-14(21)16-13(10)20/h3-4,8-9H,2,5-6H2,1H3,(H2,15,16,20,21).